The van der Waals surface area contributed by atoms with E-state index < -0.39 is 34.3 Å². The van der Waals surface area contributed by atoms with E-state index in [1.54, 1.807) is 37.3 Å². The number of para-hydroxylation sites is 1. The molecule has 2 amide bonds. The average Bonchev–Trinajstić information content (AvgIpc) is 2.88. The van der Waals surface area contributed by atoms with Crippen LogP contribution in [0.3, 0.4) is 0 Å². The van der Waals surface area contributed by atoms with Gasteiger partial charge in [0.1, 0.15) is 18.4 Å². The third-order valence-corrected chi connectivity index (χ3v) is 7.34. The summed E-state index contributed by atoms with van der Waals surface area (Å²) in [6, 6.07) is 21.0. The Morgan fingerprint density at radius 3 is 2.03 bits per heavy atom. The van der Waals surface area contributed by atoms with E-state index >= 15 is 0 Å². The Balaban J connectivity index is 2.02. The van der Waals surface area contributed by atoms with Crippen LogP contribution in [0.15, 0.2) is 89.8 Å². The summed E-state index contributed by atoms with van der Waals surface area (Å²) in [5, 5.41) is 2.58. The molecule has 1 N–H and O–H groups in total. The molecule has 0 fully saturated rings. The third kappa shape index (κ3) is 6.24. The first-order chi connectivity index (χ1) is 16.8. The van der Waals surface area contributed by atoms with E-state index in [1.807, 2.05) is 30.3 Å². The molecule has 1 unspecified atom stereocenters. The standard InChI is InChI=1S/C26H28FN3O4S/c1-3-24(26(32)28-2)29(18-20-10-6-4-7-11-20)25(31)19-30(22-12-8-5-9-13-22)35(33,34)23-16-14-21(27)15-17-23/h4-17,24H,3,18-19H2,1-2H3,(H,28,32). The maximum Gasteiger partial charge on any atom is 0.264 e. The lowest BCUT2D eigenvalue weighted by atomic mass is 10.1. The lowest BCUT2D eigenvalue weighted by Crippen LogP contribution is -2.51. The van der Waals surface area contributed by atoms with Gasteiger partial charge in [-0.1, -0.05) is 55.5 Å². The first-order valence-corrected chi connectivity index (χ1v) is 12.6. The molecule has 184 valence electrons. The molecule has 3 rings (SSSR count). The molecule has 0 aliphatic rings. The second kappa shape index (κ2) is 11.6. The number of benzene rings is 3. The zero-order valence-electron chi connectivity index (χ0n) is 19.6. The third-order valence-electron chi connectivity index (χ3n) is 5.55. The van der Waals surface area contributed by atoms with Crippen molar-refractivity contribution in [2.75, 3.05) is 17.9 Å². The highest BCUT2D eigenvalue weighted by molar-refractivity contribution is 7.92. The van der Waals surface area contributed by atoms with Crippen molar-refractivity contribution in [1.29, 1.82) is 0 Å². The fourth-order valence-corrected chi connectivity index (χ4v) is 5.14. The topological polar surface area (TPSA) is 86.8 Å². The molecule has 35 heavy (non-hydrogen) atoms. The molecular weight excluding hydrogens is 469 g/mol. The van der Waals surface area contributed by atoms with Gasteiger partial charge in [-0.2, -0.15) is 0 Å². The number of anilines is 1. The first kappa shape index (κ1) is 25.9. The fraction of sp³-hybridized carbons (Fsp3) is 0.231. The predicted octanol–water partition coefficient (Wildman–Crippen LogP) is 3.57. The number of carbonyl (C=O) groups excluding carboxylic acids is 2. The van der Waals surface area contributed by atoms with Gasteiger partial charge in [0.25, 0.3) is 10.0 Å². The van der Waals surface area contributed by atoms with Crippen molar-refractivity contribution < 1.29 is 22.4 Å². The van der Waals surface area contributed by atoms with E-state index in [9.17, 15) is 22.4 Å². The summed E-state index contributed by atoms with van der Waals surface area (Å²) in [5.74, 6) is -1.46. The number of rotatable bonds is 10. The normalized spacial score (nSPS) is 12.0. The van der Waals surface area contributed by atoms with Crippen LogP contribution in [0.2, 0.25) is 0 Å². The van der Waals surface area contributed by atoms with Crippen molar-refractivity contribution in [2.45, 2.75) is 30.8 Å². The van der Waals surface area contributed by atoms with Gasteiger partial charge in [0, 0.05) is 13.6 Å². The van der Waals surface area contributed by atoms with Gasteiger partial charge in [0.05, 0.1) is 10.6 Å². The molecule has 0 heterocycles. The molecule has 9 heteroatoms. The molecule has 3 aromatic rings. The Bertz CT molecular complexity index is 1240. The monoisotopic (exact) mass is 497 g/mol. The highest BCUT2D eigenvalue weighted by Crippen LogP contribution is 2.24. The summed E-state index contributed by atoms with van der Waals surface area (Å²) in [7, 11) is -2.72. The number of nitrogens with zero attached hydrogens (tertiary/aromatic N) is 2. The Labute approximate surface area is 205 Å². The SMILES string of the molecule is CCC(C(=O)NC)N(Cc1ccccc1)C(=O)CN(c1ccccc1)S(=O)(=O)c1ccc(F)cc1. The number of sulfonamides is 1. The minimum Gasteiger partial charge on any atom is -0.357 e. The Morgan fingerprint density at radius 1 is 0.914 bits per heavy atom. The average molecular weight is 498 g/mol. The van der Waals surface area contributed by atoms with Crippen LogP contribution in [0.25, 0.3) is 0 Å². The van der Waals surface area contributed by atoms with Crippen LogP contribution in [0.4, 0.5) is 10.1 Å². The highest BCUT2D eigenvalue weighted by atomic mass is 32.2. The van der Waals surface area contributed by atoms with Crippen molar-refractivity contribution in [3.63, 3.8) is 0 Å². The Kier molecular flexibility index (Phi) is 8.59. The van der Waals surface area contributed by atoms with Crippen LogP contribution in [-0.4, -0.2) is 44.8 Å². The van der Waals surface area contributed by atoms with Crippen LogP contribution in [0.5, 0.6) is 0 Å². The van der Waals surface area contributed by atoms with Gasteiger partial charge < -0.3 is 10.2 Å². The molecule has 1 atom stereocenters. The van der Waals surface area contributed by atoms with E-state index in [0.717, 1.165) is 34.1 Å². The molecule has 7 nitrogen and oxygen atoms in total. The summed E-state index contributed by atoms with van der Waals surface area (Å²) in [5.41, 5.74) is 1.08. The van der Waals surface area contributed by atoms with E-state index in [0.29, 0.717) is 6.42 Å². The molecule has 0 radical (unpaired) electrons. The minimum absolute atomic E-state index is 0.130. The van der Waals surface area contributed by atoms with Gasteiger partial charge in [0.2, 0.25) is 11.8 Å². The second-order valence-electron chi connectivity index (χ2n) is 7.85. The van der Waals surface area contributed by atoms with Gasteiger partial charge in [-0.3, -0.25) is 13.9 Å². The number of amides is 2. The lowest BCUT2D eigenvalue weighted by molar-refractivity contribution is -0.140. The molecule has 0 aliphatic carbocycles. The summed E-state index contributed by atoms with van der Waals surface area (Å²) in [6.45, 7) is 1.38. The van der Waals surface area contributed by atoms with Crippen LogP contribution in [0, 0.1) is 5.82 Å². The molecule has 0 aromatic heterocycles. The van der Waals surface area contributed by atoms with Crippen molar-refractivity contribution >= 4 is 27.5 Å². The maximum absolute atomic E-state index is 13.7. The van der Waals surface area contributed by atoms with Gasteiger partial charge in [0.15, 0.2) is 0 Å². The highest BCUT2D eigenvalue weighted by Gasteiger charge is 2.33. The largest absolute Gasteiger partial charge is 0.357 e. The lowest BCUT2D eigenvalue weighted by Gasteiger charge is -2.33. The van der Waals surface area contributed by atoms with Crippen LogP contribution in [0.1, 0.15) is 18.9 Å². The molecule has 0 saturated heterocycles. The Morgan fingerprint density at radius 2 is 1.49 bits per heavy atom. The van der Waals surface area contributed by atoms with Gasteiger partial charge in [-0.15, -0.1) is 0 Å². The number of likely N-dealkylation sites (N-methyl/N-ethyl adjacent to an activating group) is 1. The molecule has 0 spiro atoms. The molecule has 0 aliphatic heterocycles. The van der Waals surface area contributed by atoms with Crippen LogP contribution >= 0.6 is 0 Å². The van der Waals surface area contributed by atoms with Gasteiger partial charge >= 0.3 is 0 Å². The number of halogens is 1. The van der Waals surface area contributed by atoms with Crippen molar-refractivity contribution in [1.82, 2.24) is 10.2 Å². The quantitative estimate of drug-likeness (QED) is 0.464. The van der Waals surface area contributed by atoms with Gasteiger partial charge in [-0.25, -0.2) is 12.8 Å². The van der Waals surface area contributed by atoms with Crippen molar-refractivity contribution in [3.8, 4) is 0 Å². The van der Waals surface area contributed by atoms with Crippen LogP contribution < -0.4 is 9.62 Å². The maximum atomic E-state index is 13.7. The van der Waals surface area contributed by atoms with Crippen molar-refractivity contribution in [3.05, 3.63) is 96.3 Å². The Hall–Kier alpha value is -3.72. The molecule has 0 saturated carbocycles. The smallest absolute Gasteiger partial charge is 0.264 e. The molecular formula is C26H28FN3O4S. The minimum atomic E-state index is -4.21. The number of carbonyl (C=O) groups is 2. The van der Waals surface area contributed by atoms with Gasteiger partial charge in [-0.05, 0) is 48.4 Å². The molecule has 0 bridgehead atoms. The van der Waals surface area contributed by atoms with Crippen LogP contribution in [-0.2, 0) is 26.2 Å². The summed E-state index contributed by atoms with van der Waals surface area (Å²) in [6.07, 6.45) is 0.342. The summed E-state index contributed by atoms with van der Waals surface area (Å²) >= 11 is 0. The number of nitrogens with one attached hydrogen (secondary N) is 1. The predicted molar refractivity (Wildman–Crippen MR) is 133 cm³/mol. The zero-order valence-corrected chi connectivity index (χ0v) is 20.4. The second-order valence-corrected chi connectivity index (χ2v) is 9.71. The van der Waals surface area contributed by atoms with E-state index in [2.05, 4.69) is 5.32 Å². The molecule has 3 aromatic carbocycles. The van der Waals surface area contributed by atoms with E-state index in [1.165, 1.54) is 11.9 Å². The van der Waals surface area contributed by atoms with E-state index in [4.69, 9.17) is 0 Å². The fourth-order valence-electron chi connectivity index (χ4n) is 3.72. The first-order valence-electron chi connectivity index (χ1n) is 11.2. The zero-order chi connectivity index (χ0) is 25.4. The summed E-state index contributed by atoms with van der Waals surface area (Å²) in [4.78, 5) is 27.5. The van der Waals surface area contributed by atoms with E-state index in [-0.39, 0.29) is 23.0 Å². The van der Waals surface area contributed by atoms with Crippen molar-refractivity contribution in [2.24, 2.45) is 0 Å². The number of hydrogen-bond donors (Lipinski definition) is 1. The number of hydrogen-bond acceptors (Lipinski definition) is 4. The summed E-state index contributed by atoms with van der Waals surface area (Å²) < 4.78 is 41.5.